The monoisotopic (exact) mass is 323 g/mol. The minimum absolute atomic E-state index is 0.0144. The first-order valence-corrected chi connectivity index (χ1v) is 8.19. The molecule has 0 unspecified atom stereocenters. The van der Waals surface area contributed by atoms with Crippen LogP contribution in [0.15, 0.2) is 41.6 Å². The number of aromatic nitrogens is 2. The van der Waals surface area contributed by atoms with E-state index in [1.54, 1.807) is 30.1 Å². The molecule has 2 rings (SSSR count). The van der Waals surface area contributed by atoms with Gasteiger partial charge in [0.15, 0.2) is 0 Å². The zero-order valence-electron chi connectivity index (χ0n) is 12.1. The minimum Gasteiger partial charge on any atom is -0.478 e. The minimum atomic E-state index is -3.72. The number of carboxylic acids is 1. The van der Waals surface area contributed by atoms with Crippen LogP contribution >= 0.6 is 0 Å². The van der Waals surface area contributed by atoms with Gasteiger partial charge < -0.3 is 5.11 Å². The van der Waals surface area contributed by atoms with Crippen LogP contribution in [0.25, 0.3) is 0 Å². The van der Waals surface area contributed by atoms with E-state index in [-0.39, 0.29) is 17.0 Å². The van der Waals surface area contributed by atoms with Gasteiger partial charge in [-0.1, -0.05) is 6.07 Å². The molecule has 118 valence electrons. The Bertz CT molecular complexity index is 754. The van der Waals surface area contributed by atoms with E-state index in [1.807, 2.05) is 0 Å². The van der Waals surface area contributed by atoms with Gasteiger partial charge in [-0.2, -0.15) is 5.10 Å². The van der Waals surface area contributed by atoms with E-state index in [4.69, 9.17) is 5.11 Å². The van der Waals surface area contributed by atoms with Gasteiger partial charge in [0.1, 0.15) is 0 Å². The van der Waals surface area contributed by atoms with E-state index >= 15 is 0 Å². The molecule has 1 aromatic heterocycles. The molecule has 0 atom stereocenters. The first-order chi connectivity index (χ1) is 10.4. The fourth-order valence-electron chi connectivity index (χ4n) is 1.96. The molecule has 0 radical (unpaired) electrons. The highest BCUT2D eigenvalue weighted by molar-refractivity contribution is 7.89. The first-order valence-electron chi connectivity index (χ1n) is 6.71. The molecular formula is C14H17N3O4S. The molecule has 0 saturated carbocycles. The summed E-state index contributed by atoms with van der Waals surface area (Å²) < 4.78 is 28.5. The SMILES string of the molecule is Cc1ccc(S(=O)(=O)NCCCn2cccn2)cc1C(=O)O. The van der Waals surface area contributed by atoms with Crippen molar-refractivity contribution in [1.29, 1.82) is 0 Å². The number of benzene rings is 1. The molecule has 0 bridgehead atoms. The van der Waals surface area contributed by atoms with Crippen molar-refractivity contribution in [2.24, 2.45) is 0 Å². The fraction of sp³-hybridized carbons (Fsp3) is 0.286. The maximum Gasteiger partial charge on any atom is 0.335 e. The Morgan fingerprint density at radius 1 is 1.41 bits per heavy atom. The Hall–Kier alpha value is -2.19. The molecule has 8 heteroatoms. The quantitative estimate of drug-likeness (QED) is 0.747. The third-order valence-corrected chi connectivity index (χ3v) is 4.62. The highest BCUT2D eigenvalue weighted by atomic mass is 32.2. The van der Waals surface area contributed by atoms with E-state index in [9.17, 15) is 13.2 Å². The molecule has 1 aromatic carbocycles. The lowest BCUT2D eigenvalue weighted by Gasteiger charge is -2.09. The number of aryl methyl sites for hydroxylation is 2. The van der Waals surface area contributed by atoms with Crippen molar-refractivity contribution in [3.63, 3.8) is 0 Å². The van der Waals surface area contributed by atoms with Crippen LogP contribution in [0.1, 0.15) is 22.3 Å². The highest BCUT2D eigenvalue weighted by Gasteiger charge is 2.17. The predicted molar refractivity (Wildman–Crippen MR) is 80.2 cm³/mol. The van der Waals surface area contributed by atoms with Gasteiger partial charge in [0, 0.05) is 25.5 Å². The van der Waals surface area contributed by atoms with E-state index in [2.05, 4.69) is 9.82 Å². The van der Waals surface area contributed by atoms with Crippen molar-refractivity contribution in [2.45, 2.75) is 24.8 Å². The first kappa shape index (κ1) is 16.2. The summed E-state index contributed by atoms with van der Waals surface area (Å²) in [5, 5.41) is 13.1. The number of carboxylic acid groups (broad SMARTS) is 1. The average Bonchev–Trinajstić information content (AvgIpc) is 2.97. The molecule has 1 heterocycles. The van der Waals surface area contributed by atoms with Gasteiger partial charge in [-0.05, 0) is 37.1 Å². The van der Waals surface area contributed by atoms with Gasteiger partial charge in [-0.15, -0.1) is 0 Å². The zero-order chi connectivity index (χ0) is 16.2. The van der Waals surface area contributed by atoms with E-state index in [0.717, 1.165) is 0 Å². The molecule has 2 N–H and O–H groups in total. The zero-order valence-corrected chi connectivity index (χ0v) is 12.9. The maximum absolute atomic E-state index is 12.2. The summed E-state index contributed by atoms with van der Waals surface area (Å²) in [7, 11) is -3.72. The normalized spacial score (nSPS) is 11.5. The van der Waals surface area contributed by atoms with Crippen LogP contribution in [-0.4, -0.2) is 35.8 Å². The summed E-state index contributed by atoms with van der Waals surface area (Å²) in [6, 6.07) is 5.86. The second-order valence-electron chi connectivity index (χ2n) is 4.80. The molecule has 0 aliphatic heterocycles. The largest absolute Gasteiger partial charge is 0.478 e. The highest BCUT2D eigenvalue weighted by Crippen LogP contribution is 2.15. The molecule has 2 aromatic rings. The van der Waals surface area contributed by atoms with Crippen LogP contribution < -0.4 is 4.72 Å². The molecule has 0 fully saturated rings. The summed E-state index contributed by atoms with van der Waals surface area (Å²) in [6.45, 7) is 2.47. The molecule has 0 amide bonds. The Balaban J connectivity index is 2.00. The summed E-state index contributed by atoms with van der Waals surface area (Å²) >= 11 is 0. The van der Waals surface area contributed by atoms with Gasteiger partial charge in [-0.25, -0.2) is 17.9 Å². The topological polar surface area (TPSA) is 101 Å². The molecule has 0 aliphatic rings. The molecule has 7 nitrogen and oxygen atoms in total. The Morgan fingerprint density at radius 2 is 2.18 bits per heavy atom. The molecule has 0 spiro atoms. The van der Waals surface area contributed by atoms with Crippen LogP contribution in [0.4, 0.5) is 0 Å². The molecule has 22 heavy (non-hydrogen) atoms. The summed E-state index contributed by atoms with van der Waals surface area (Å²) in [4.78, 5) is 11.0. The predicted octanol–water partition coefficient (Wildman–Crippen LogP) is 1.26. The second kappa shape index (κ2) is 6.71. The van der Waals surface area contributed by atoms with Gasteiger partial charge in [0.25, 0.3) is 0 Å². The standard InChI is InChI=1S/C14H17N3O4S/c1-11-4-5-12(10-13(11)14(18)19)22(20,21)16-7-3-9-17-8-2-6-15-17/h2,4-6,8,10,16H,3,7,9H2,1H3,(H,18,19). The van der Waals surface area contributed by atoms with Crippen LogP contribution in [0.2, 0.25) is 0 Å². The number of hydrogen-bond donors (Lipinski definition) is 2. The third kappa shape index (κ3) is 3.92. The third-order valence-electron chi connectivity index (χ3n) is 3.17. The van der Waals surface area contributed by atoms with Crippen LogP contribution in [-0.2, 0) is 16.6 Å². The van der Waals surface area contributed by atoms with Crippen molar-refractivity contribution >= 4 is 16.0 Å². The van der Waals surface area contributed by atoms with Crippen LogP contribution in [0, 0.1) is 6.92 Å². The smallest absolute Gasteiger partial charge is 0.335 e. The summed E-state index contributed by atoms with van der Waals surface area (Å²) in [5.74, 6) is -1.15. The number of nitrogens with zero attached hydrogens (tertiary/aromatic N) is 2. The lowest BCUT2D eigenvalue weighted by molar-refractivity contribution is 0.0696. The van der Waals surface area contributed by atoms with Crippen LogP contribution in [0.3, 0.4) is 0 Å². The van der Waals surface area contributed by atoms with Crippen molar-refractivity contribution in [3.05, 3.63) is 47.8 Å². The fourth-order valence-corrected chi connectivity index (χ4v) is 3.06. The number of aromatic carboxylic acids is 1. The number of nitrogens with one attached hydrogen (secondary N) is 1. The maximum atomic E-state index is 12.2. The average molecular weight is 323 g/mol. The van der Waals surface area contributed by atoms with E-state index in [0.29, 0.717) is 18.5 Å². The number of sulfonamides is 1. The number of hydrogen-bond acceptors (Lipinski definition) is 4. The molecular weight excluding hydrogens is 306 g/mol. The Kier molecular flexibility index (Phi) is 4.94. The van der Waals surface area contributed by atoms with Crippen molar-refractivity contribution in [1.82, 2.24) is 14.5 Å². The van der Waals surface area contributed by atoms with E-state index < -0.39 is 16.0 Å². The molecule has 0 aliphatic carbocycles. The summed E-state index contributed by atoms with van der Waals surface area (Å²) in [6.07, 6.45) is 4.04. The van der Waals surface area contributed by atoms with Crippen LogP contribution in [0.5, 0.6) is 0 Å². The summed E-state index contributed by atoms with van der Waals surface area (Å²) in [5.41, 5.74) is 0.504. The van der Waals surface area contributed by atoms with Crippen molar-refractivity contribution in [3.8, 4) is 0 Å². The van der Waals surface area contributed by atoms with E-state index in [1.165, 1.54) is 18.2 Å². The Morgan fingerprint density at radius 3 is 2.82 bits per heavy atom. The lowest BCUT2D eigenvalue weighted by Crippen LogP contribution is -2.26. The number of rotatable bonds is 7. The van der Waals surface area contributed by atoms with Gasteiger partial charge in [0.05, 0.1) is 10.5 Å². The molecule has 0 saturated heterocycles. The van der Waals surface area contributed by atoms with Crippen molar-refractivity contribution in [2.75, 3.05) is 6.54 Å². The second-order valence-corrected chi connectivity index (χ2v) is 6.57. The number of carbonyl (C=O) groups is 1. The van der Waals surface area contributed by atoms with Gasteiger partial charge in [0.2, 0.25) is 10.0 Å². The van der Waals surface area contributed by atoms with Gasteiger partial charge in [-0.3, -0.25) is 4.68 Å². The van der Waals surface area contributed by atoms with Gasteiger partial charge >= 0.3 is 5.97 Å². The lowest BCUT2D eigenvalue weighted by atomic mass is 10.1. The Labute approximate surface area is 128 Å². The van der Waals surface area contributed by atoms with Crippen molar-refractivity contribution < 1.29 is 18.3 Å².